The van der Waals surface area contributed by atoms with Crippen LogP contribution in [-0.2, 0) is 0 Å². The van der Waals surface area contributed by atoms with Crippen LogP contribution in [0.3, 0.4) is 0 Å². The molecule has 0 aromatic carbocycles. The molecule has 0 radical (unpaired) electrons. The Morgan fingerprint density at radius 3 is 2.86 bits per heavy atom. The lowest BCUT2D eigenvalue weighted by atomic mass is 9.98. The summed E-state index contributed by atoms with van der Waals surface area (Å²) in [5.74, 6) is 0.162. The number of carbonyl (C=O) groups excluding carboxylic acids is 1. The molecule has 0 aliphatic carbocycles. The molecular formula is C18H23F3N6O. The Kier molecular flexibility index (Phi) is 4.80. The van der Waals surface area contributed by atoms with E-state index in [2.05, 4.69) is 20.6 Å². The van der Waals surface area contributed by atoms with Crippen molar-refractivity contribution in [2.45, 2.75) is 63.3 Å². The molecule has 0 spiro atoms. The van der Waals surface area contributed by atoms with Crippen molar-refractivity contribution in [3.8, 4) is 0 Å². The molecule has 2 aliphatic rings. The molecule has 2 aromatic heterocycles. The number of piperidine rings is 1. The Hall–Kier alpha value is -2.52. The molecule has 2 aliphatic heterocycles. The van der Waals surface area contributed by atoms with Crippen LogP contribution < -0.4 is 5.32 Å². The van der Waals surface area contributed by atoms with Crippen LogP contribution in [0.2, 0.25) is 0 Å². The SMILES string of the molecule is CC[C@@H]1C[C@H](C(F)(F)F)n2nc([C@H]3CCCCN3C(=O)c3ccn[nH]3)cc2N1. The third-order valence-corrected chi connectivity index (χ3v) is 5.62. The maximum Gasteiger partial charge on any atom is 0.410 e. The van der Waals surface area contributed by atoms with Crippen LogP contribution in [0.5, 0.6) is 0 Å². The Morgan fingerprint density at radius 1 is 1.36 bits per heavy atom. The number of hydrogen-bond donors (Lipinski definition) is 2. The molecular weight excluding hydrogens is 373 g/mol. The van der Waals surface area contributed by atoms with E-state index < -0.39 is 12.2 Å². The number of H-pyrrole nitrogens is 1. The van der Waals surface area contributed by atoms with Gasteiger partial charge in [0, 0.05) is 24.8 Å². The van der Waals surface area contributed by atoms with E-state index in [1.165, 1.54) is 6.20 Å². The normalized spacial score (nSPS) is 25.3. The number of aromatic nitrogens is 4. The number of anilines is 1. The Bertz CT molecular complexity index is 831. The molecule has 3 atom stereocenters. The first kappa shape index (κ1) is 18.8. The minimum atomic E-state index is -4.37. The fourth-order valence-electron chi connectivity index (χ4n) is 4.11. The molecule has 0 bridgehead atoms. The predicted octanol–water partition coefficient (Wildman–Crippen LogP) is 3.67. The predicted molar refractivity (Wildman–Crippen MR) is 95.9 cm³/mol. The number of fused-ring (bicyclic) bond motifs is 1. The lowest BCUT2D eigenvalue weighted by molar-refractivity contribution is -0.173. The standard InChI is InChI=1S/C18H23F3N6O/c1-2-11-9-15(18(19,20)21)27-16(23-11)10-13(25-27)14-5-3-4-8-26(14)17(28)12-6-7-22-24-12/h6-7,10-11,14-15,23H,2-5,8-9H2,1H3,(H,22,24)/t11-,14-,15-/m1/s1. The molecule has 1 saturated heterocycles. The molecule has 2 N–H and O–H groups in total. The molecule has 4 heterocycles. The number of likely N-dealkylation sites (tertiary alicyclic amines) is 1. The van der Waals surface area contributed by atoms with Crippen molar-refractivity contribution in [1.29, 1.82) is 0 Å². The van der Waals surface area contributed by atoms with Crippen LogP contribution in [0, 0.1) is 0 Å². The average Bonchev–Trinajstić information content (AvgIpc) is 3.35. The maximum absolute atomic E-state index is 13.6. The van der Waals surface area contributed by atoms with Gasteiger partial charge < -0.3 is 10.2 Å². The fourth-order valence-corrected chi connectivity index (χ4v) is 4.11. The molecule has 10 heteroatoms. The van der Waals surface area contributed by atoms with E-state index in [0.717, 1.165) is 17.5 Å². The number of amides is 1. The van der Waals surface area contributed by atoms with Gasteiger partial charge in [0.15, 0.2) is 6.04 Å². The number of hydrogen-bond acceptors (Lipinski definition) is 4. The number of alkyl halides is 3. The molecule has 1 amide bonds. The maximum atomic E-state index is 13.6. The second-order valence-corrected chi connectivity index (χ2v) is 7.42. The van der Waals surface area contributed by atoms with E-state index in [4.69, 9.17) is 0 Å². The van der Waals surface area contributed by atoms with Gasteiger partial charge in [0.05, 0.1) is 11.7 Å². The summed E-state index contributed by atoms with van der Waals surface area (Å²) in [5, 5.41) is 14.0. The van der Waals surface area contributed by atoms with E-state index in [1.54, 1.807) is 17.0 Å². The molecule has 7 nitrogen and oxygen atoms in total. The molecule has 0 saturated carbocycles. The van der Waals surface area contributed by atoms with E-state index >= 15 is 0 Å². The molecule has 28 heavy (non-hydrogen) atoms. The fraction of sp³-hybridized carbons (Fsp3) is 0.611. The Balaban J connectivity index is 1.67. The van der Waals surface area contributed by atoms with Crippen molar-refractivity contribution in [2.24, 2.45) is 0 Å². The smallest absolute Gasteiger partial charge is 0.367 e. The van der Waals surface area contributed by atoms with Crippen molar-refractivity contribution >= 4 is 11.7 Å². The van der Waals surface area contributed by atoms with E-state index in [9.17, 15) is 18.0 Å². The third kappa shape index (κ3) is 3.35. The second kappa shape index (κ2) is 7.14. The van der Waals surface area contributed by atoms with Gasteiger partial charge in [-0.3, -0.25) is 9.89 Å². The molecule has 152 valence electrons. The lowest BCUT2D eigenvalue weighted by Gasteiger charge is -2.34. The summed E-state index contributed by atoms with van der Waals surface area (Å²) in [4.78, 5) is 14.5. The van der Waals surface area contributed by atoms with Gasteiger partial charge in [-0.1, -0.05) is 6.92 Å². The number of aromatic amines is 1. The number of halogens is 3. The zero-order chi connectivity index (χ0) is 19.9. The zero-order valence-corrected chi connectivity index (χ0v) is 15.5. The summed E-state index contributed by atoms with van der Waals surface area (Å²) in [6, 6.07) is 1.02. The monoisotopic (exact) mass is 396 g/mol. The highest BCUT2D eigenvalue weighted by Crippen LogP contribution is 2.42. The van der Waals surface area contributed by atoms with Crippen LogP contribution in [0.1, 0.15) is 67.3 Å². The van der Waals surface area contributed by atoms with Gasteiger partial charge in [0.25, 0.3) is 5.91 Å². The topological polar surface area (TPSA) is 78.8 Å². The van der Waals surface area contributed by atoms with Gasteiger partial charge in [0.2, 0.25) is 0 Å². The van der Waals surface area contributed by atoms with Crippen molar-refractivity contribution in [1.82, 2.24) is 24.9 Å². The lowest BCUT2D eigenvalue weighted by Crippen LogP contribution is -2.40. The second-order valence-electron chi connectivity index (χ2n) is 7.42. The van der Waals surface area contributed by atoms with E-state index in [-0.39, 0.29) is 24.4 Å². The largest absolute Gasteiger partial charge is 0.410 e. The summed E-state index contributed by atoms with van der Waals surface area (Å²) in [7, 11) is 0. The van der Waals surface area contributed by atoms with Crippen LogP contribution in [-0.4, -0.2) is 49.5 Å². The minimum Gasteiger partial charge on any atom is -0.367 e. The number of rotatable bonds is 3. The third-order valence-electron chi connectivity index (χ3n) is 5.62. The molecule has 2 aromatic rings. The van der Waals surface area contributed by atoms with Gasteiger partial charge in [-0.15, -0.1) is 0 Å². The van der Waals surface area contributed by atoms with Crippen LogP contribution >= 0.6 is 0 Å². The van der Waals surface area contributed by atoms with Crippen molar-refractivity contribution in [3.63, 3.8) is 0 Å². The summed E-state index contributed by atoms with van der Waals surface area (Å²) in [6.07, 6.45) is 0.106. The number of nitrogens with one attached hydrogen (secondary N) is 2. The first-order valence-electron chi connectivity index (χ1n) is 9.61. The molecule has 4 rings (SSSR count). The zero-order valence-electron chi connectivity index (χ0n) is 15.5. The molecule has 0 unspecified atom stereocenters. The van der Waals surface area contributed by atoms with Gasteiger partial charge in [-0.05, 0) is 38.2 Å². The summed E-state index contributed by atoms with van der Waals surface area (Å²) < 4.78 is 41.9. The van der Waals surface area contributed by atoms with Gasteiger partial charge in [-0.25, -0.2) is 4.68 Å². The van der Waals surface area contributed by atoms with E-state index in [0.29, 0.717) is 36.6 Å². The Labute approximate surface area is 160 Å². The average molecular weight is 396 g/mol. The van der Waals surface area contributed by atoms with Crippen molar-refractivity contribution in [3.05, 3.63) is 29.7 Å². The summed E-state index contributed by atoms with van der Waals surface area (Å²) in [6.45, 7) is 2.41. The number of nitrogens with zero attached hydrogens (tertiary/aromatic N) is 4. The highest BCUT2D eigenvalue weighted by atomic mass is 19.4. The van der Waals surface area contributed by atoms with Crippen LogP contribution in [0.15, 0.2) is 18.3 Å². The van der Waals surface area contributed by atoms with Gasteiger partial charge >= 0.3 is 6.18 Å². The highest BCUT2D eigenvalue weighted by molar-refractivity contribution is 5.92. The number of carbonyl (C=O) groups is 1. The molecule has 1 fully saturated rings. The van der Waals surface area contributed by atoms with Crippen molar-refractivity contribution < 1.29 is 18.0 Å². The quantitative estimate of drug-likeness (QED) is 0.830. The van der Waals surface area contributed by atoms with Crippen molar-refractivity contribution in [2.75, 3.05) is 11.9 Å². The minimum absolute atomic E-state index is 0.0461. The van der Waals surface area contributed by atoms with Gasteiger partial charge in [-0.2, -0.15) is 23.4 Å². The Morgan fingerprint density at radius 2 is 2.18 bits per heavy atom. The van der Waals surface area contributed by atoms with Gasteiger partial charge in [0.1, 0.15) is 11.5 Å². The first-order chi connectivity index (χ1) is 13.4. The van der Waals surface area contributed by atoms with Crippen LogP contribution in [0.4, 0.5) is 19.0 Å². The van der Waals surface area contributed by atoms with Crippen LogP contribution in [0.25, 0.3) is 0 Å². The van der Waals surface area contributed by atoms with E-state index in [1.807, 2.05) is 6.92 Å². The summed E-state index contributed by atoms with van der Waals surface area (Å²) in [5.41, 5.74) is 0.870. The summed E-state index contributed by atoms with van der Waals surface area (Å²) >= 11 is 0. The first-order valence-corrected chi connectivity index (χ1v) is 9.61. The highest BCUT2D eigenvalue weighted by Gasteiger charge is 2.46.